The fraction of sp³-hybridized carbons (Fsp3) is 0.174. The Morgan fingerprint density at radius 1 is 1.00 bits per heavy atom. The Labute approximate surface area is 176 Å². The lowest BCUT2D eigenvalue weighted by atomic mass is 10.1. The van der Waals surface area contributed by atoms with Crippen LogP contribution in [0.2, 0.25) is 0 Å². The van der Waals surface area contributed by atoms with Gasteiger partial charge in [0.15, 0.2) is 6.10 Å². The molecule has 0 spiro atoms. The summed E-state index contributed by atoms with van der Waals surface area (Å²) >= 11 is 0. The van der Waals surface area contributed by atoms with E-state index in [0.29, 0.717) is 17.1 Å². The molecule has 0 fully saturated rings. The molecule has 3 aromatic rings. The molecule has 0 saturated heterocycles. The largest absolute Gasteiger partial charge is 0.476 e. The van der Waals surface area contributed by atoms with Crippen LogP contribution in [0.4, 0.5) is 11.4 Å². The number of anilines is 2. The first kappa shape index (κ1) is 20.0. The molecule has 7 heteroatoms. The van der Waals surface area contributed by atoms with Crippen molar-refractivity contribution in [3.63, 3.8) is 0 Å². The summed E-state index contributed by atoms with van der Waals surface area (Å²) in [5.41, 5.74) is 2.21. The van der Waals surface area contributed by atoms with Gasteiger partial charge >= 0.3 is 0 Å². The van der Waals surface area contributed by atoms with E-state index in [-0.39, 0.29) is 11.4 Å². The number of nitrogens with one attached hydrogen (secondary N) is 1. The molecule has 0 saturated carbocycles. The zero-order chi connectivity index (χ0) is 21.1. The molecule has 3 aromatic carbocycles. The predicted octanol–water partition coefficient (Wildman–Crippen LogP) is 3.84. The van der Waals surface area contributed by atoms with Crippen molar-refractivity contribution in [3.8, 4) is 5.75 Å². The van der Waals surface area contributed by atoms with Crippen LogP contribution in [-0.2, 0) is 21.2 Å². The average molecular weight is 423 g/mol. The third kappa shape index (κ3) is 3.89. The number of hydrogen-bond acceptors (Lipinski definition) is 4. The van der Waals surface area contributed by atoms with Crippen LogP contribution in [0.1, 0.15) is 12.5 Å². The molecule has 1 N–H and O–H groups in total. The minimum absolute atomic E-state index is 0.118. The normalized spacial score (nSPS) is 15.8. The zero-order valence-electron chi connectivity index (χ0n) is 16.5. The molecule has 154 valence electrons. The van der Waals surface area contributed by atoms with Gasteiger partial charge in [-0.3, -0.25) is 9.10 Å². The number of sulfonamides is 1. The molecule has 0 radical (unpaired) electrons. The number of para-hydroxylation sites is 2. The van der Waals surface area contributed by atoms with Crippen molar-refractivity contribution in [3.05, 3.63) is 84.4 Å². The van der Waals surface area contributed by atoms with E-state index < -0.39 is 22.0 Å². The number of carbonyl (C=O) groups excluding carboxylic acids is 1. The van der Waals surface area contributed by atoms with Gasteiger partial charge in [0.2, 0.25) is 0 Å². The number of amides is 1. The number of aryl methyl sites for hydroxylation is 1. The monoisotopic (exact) mass is 422 g/mol. The van der Waals surface area contributed by atoms with Crippen molar-refractivity contribution < 1.29 is 17.9 Å². The first-order valence-corrected chi connectivity index (χ1v) is 11.2. The van der Waals surface area contributed by atoms with Gasteiger partial charge in [0, 0.05) is 5.69 Å². The standard InChI is InChI=1S/C23H22N2O4S/c1-2-17-12-14-18(15-13-17)24-23(26)22-16-25(20-10-6-7-11-21(20)29-22)30(27,28)19-8-4-3-5-9-19/h3-15,22H,2,16H2,1H3,(H,24,26)/t22-/m1/s1. The summed E-state index contributed by atoms with van der Waals surface area (Å²) in [5, 5.41) is 2.82. The fourth-order valence-corrected chi connectivity index (χ4v) is 4.83. The second kappa shape index (κ2) is 8.20. The predicted molar refractivity (Wildman–Crippen MR) is 116 cm³/mol. The highest BCUT2D eigenvalue weighted by atomic mass is 32.2. The molecule has 4 rings (SSSR count). The lowest BCUT2D eigenvalue weighted by molar-refractivity contribution is -0.122. The summed E-state index contributed by atoms with van der Waals surface area (Å²) in [6, 6.07) is 22.5. The Kier molecular flexibility index (Phi) is 5.46. The maximum absolute atomic E-state index is 13.3. The third-order valence-electron chi connectivity index (χ3n) is 4.99. The number of nitrogens with zero attached hydrogens (tertiary/aromatic N) is 1. The SMILES string of the molecule is CCc1ccc(NC(=O)[C@H]2CN(S(=O)(=O)c3ccccc3)c3ccccc3O2)cc1. The molecule has 1 aliphatic heterocycles. The van der Waals surface area contributed by atoms with Gasteiger partial charge in [-0.15, -0.1) is 0 Å². The average Bonchev–Trinajstić information content (AvgIpc) is 2.79. The Balaban J connectivity index is 1.63. The van der Waals surface area contributed by atoms with Gasteiger partial charge in [-0.1, -0.05) is 49.4 Å². The number of fused-ring (bicyclic) bond motifs is 1. The maximum atomic E-state index is 13.3. The highest BCUT2D eigenvalue weighted by Gasteiger charge is 2.37. The van der Waals surface area contributed by atoms with E-state index >= 15 is 0 Å². The van der Waals surface area contributed by atoms with E-state index in [0.717, 1.165) is 12.0 Å². The first-order chi connectivity index (χ1) is 14.5. The highest BCUT2D eigenvalue weighted by Crippen LogP contribution is 2.36. The van der Waals surface area contributed by atoms with Gasteiger partial charge in [0.25, 0.3) is 15.9 Å². The number of ether oxygens (including phenoxy) is 1. The van der Waals surface area contributed by atoms with Gasteiger partial charge in [-0.2, -0.15) is 0 Å². The van der Waals surface area contributed by atoms with Crippen molar-refractivity contribution >= 4 is 27.3 Å². The van der Waals surface area contributed by atoms with Crippen molar-refractivity contribution in [1.82, 2.24) is 0 Å². The summed E-state index contributed by atoms with van der Waals surface area (Å²) in [7, 11) is -3.85. The lowest BCUT2D eigenvalue weighted by Crippen LogP contribution is -2.48. The Bertz CT molecular complexity index is 1150. The van der Waals surface area contributed by atoms with Crippen molar-refractivity contribution in [2.24, 2.45) is 0 Å². The minimum atomic E-state index is -3.85. The molecule has 1 aliphatic rings. The molecule has 0 unspecified atom stereocenters. The zero-order valence-corrected chi connectivity index (χ0v) is 17.3. The van der Waals surface area contributed by atoms with E-state index in [4.69, 9.17) is 4.74 Å². The molecule has 1 amide bonds. The van der Waals surface area contributed by atoms with Crippen LogP contribution in [-0.4, -0.2) is 27.0 Å². The third-order valence-corrected chi connectivity index (χ3v) is 6.78. The first-order valence-electron chi connectivity index (χ1n) is 9.72. The molecule has 0 aliphatic carbocycles. The molecule has 0 aromatic heterocycles. The highest BCUT2D eigenvalue weighted by molar-refractivity contribution is 7.92. The van der Waals surface area contributed by atoms with E-state index in [1.807, 2.05) is 24.3 Å². The summed E-state index contributed by atoms with van der Waals surface area (Å²) < 4.78 is 33.7. The molecule has 1 heterocycles. The van der Waals surface area contributed by atoms with Gasteiger partial charge in [0.05, 0.1) is 17.1 Å². The van der Waals surface area contributed by atoms with Gasteiger partial charge < -0.3 is 10.1 Å². The molecule has 6 nitrogen and oxygen atoms in total. The number of rotatable bonds is 5. The Hall–Kier alpha value is -3.32. The van der Waals surface area contributed by atoms with E-state index in [9.17, 15) is 13.2 Å². The van der Waals surface area contributed by atoms with Crippen molar-refractivity contribution in [1.29, 1.82) is 0 Å². The van der Waals surface area contributed by atoms with Crippen LogP contribution in [0.5, 0.6) is 5.75 Å². The van der Waals surface area contributed by atoms with E-state index in [1.165, 1.54) is 16.4 Å². The van der Waals surface area contributed by atoms with Crippen LogP contribution in [0.15, 0.2) is 83.8 Å². The van der Waals surface area contributed by atoms with Crippen LogP contribution in [0.3, 0.4) is 0 Å². The smallest absolute Gasteiger partial charge is 0.267 e. The molecule has 1 atom stereocenters. The second-order valence-electron chi connectivity index (χ2n) is 6.96. The van der Waals surface area contributed by atoms with Crippen LogP contribution in [0.25, 0.3) is 0 Å². The number of carbonyl (C=O) groups is 1. The second-order valence-corrected chi connectivity index (χ2v) is 8.83. The van der Waals surface area contributed by atoms with E-state index in [2.05, 4.69) is 12.2 Å². The number of hydrogen-bond donors (Lipinski definition) is 1. The van der Waals surface area contributed by atoms with Crippen molar-refractivity contribution in [2.75, 3.05) is 16.2 Å². The lowest BCUT2D eigenvalue weighted by Gasteiger charge is -2.34. The Morgan fingerprint density at radius 3 is 2.37 bits per heavy atom. The topological polar surface area (TPSA) is 75.7 Å². The quantitative estimate of drug-likeness (QED) is 0.678. The molecule has 30 heavy (non-hydrogen) atoms. The van der Waals surface area contributed by atoms with Gasteiger partial charge in [-0.05, 0) is 48.4 Å². The Morgan fingerprint density at radius 2 is 1.67 bits per heavy atom. The summed E-state index contributed by atoms with van der Waals surface area (Å²) in [6.07, 6.45) is -0.0764. The van der Waals surface area contributed by atoms with Gasteiger partial charge in [-0.25, -0.2) is 8.42 Å². The van der Waals surface area contributed by atoms with Crippen LogP contribution < -0.4 is 14.4 Å². The van der Waals surface area contributed by atoms with Crippen LogP contribution in [0, 0.1) is 0 Å². The summed E-state index contributed by atoms with van der Waals surface area (Å²) in [5.74, 6) is -0.0493. The fourth-order valence-electron chi connectivity index (χ4n) is 3.33. The number of benzene rings is 3. The van der Waals surface area contributed by atoms with E-state index in [1.54, 1.807) is 42.5 Å². The molecular weight excluding hydrogens is 400 g/mol. The summed E-state index contributed by atoms with van der Waals surface area (Å²) in [6.45, 7) is 1.94. The maximum Gasteiger partial charge on any atom is 0.267 e. The van der Waals surface area contributed by atoms with Gasteiger partial charge in [0.1, 0.15) is 5.75 Å². The van der Waals surface area contributed by atoms with Crippen LogP contribution >= 0.6 is 0 Å². The molecule has 0 bridgehead atoms. The van der Waals surface area contributed by atoms with Crippen molar-refractivity contribution in [2.45, 2.75) is 24.3 Å². The molecular formula is C23H22N2O4S. The minimum Gasteiger partial charge on any atom is -0.476 e. The summed E-state index contributed by atoms with van der Waals surface area (Å²) in [4.78, 5) is 13.0.